The molecule has 0 radical (unpaired) electrons. The van der Waals surface area contributed by atoms with Crippen LogP contribution < -0.4 is 0 Å². The molecule has 3 rings (SSSR count). The Morgan fingerprint density at radius 3 is 2.87 bits per heavy atom. The molecule has 2 aromatic rings. The van der Waals surface area contributed by atoms with Gasteiger partial charge in [0.2, 0.25) is 5.91 Å². The number of nitrogens with one attached hydrogen (secondary N) is 1. The molecule has 3 heterocycles. The van der Waals surface area contributed by atoms with Crippen molar-refractivity contribution in [1.82, 2.24) is 20.1 Å². The highest BCUT2D eigenvalue weighted by Gasteiger charge is 2.32. The zero-order chi connectivity index (χ0) is 16.4. The van der Waals surface area contributed by atoms with Crippen LogP contribution in [0.5, 0.6) is 0 Å². The number of nitrogens with zero attached hydrogens (tertiary/aromatic N) is 3. The van der Waals surface area contributed by atoms with E-state index in [-0.39, 0.29) is 11.3 Å². The summed E-state index contributed by atoms with van der Waals surface area (Å²) in [4.78, 5) is 19.1. The number of hydrogen-bond acceptors (Lipinski definition) is 3. The Balaban J connectivity index is 1.65. The van der Waals surface area contributed by atoms with Crippen molar-refractivity contribution in [3.8, 4) is 11.4 Å². The van der Waals surface area contributed by atoms with E-state index in [1.165, 1.54) is 0 Å². The zero-order valence-corrected chi connectivity index (χ0v) is 14.0. The lowest BCUT2D eigenvalue weighted by atomic mass is 9.95. The van der Waals surface area contributed by atoms with E-state index in [0.29, 0.717) is 5.92 Å². The molecule has 1 atom stereocenters. The maximum absolute atomic E-state index is 12.4. The quantitative estimate of drug-likeness (QED) is 0.948. The fraction of sp³-hybridized carbons (Fsp3) is 0.500. The Morgan fingerprint density at radius 1 is 1.35 bits per heavy atom. The fourth-order valence-corrected chi connectivity index (χ4v) is 3.10. The highest BCUT2D eigenvalue weighted by molar-refractivity contribution is 5.81. The molecular formula is C18H24N4O. The molecule has 0 aliphatic carbocycles. The van der Waals surface area contributed by atoms with Crippen LogP contribution in [-0.2, 0) is 11.2 Å². The molecule has 23 heavy (non-hydrogen) atoms. The fourth-order valence-electron chi connectivity index (χ4n) is 3.10. The lowest BCUT2D eigenvalue weighted by molar-refractivity contribution is -0.138. The van der Waals surface area contributed by atoms with Gasteiger partial charge in [-0.25, -0.2) is 0 Å². The third-order valence-electron chi connectivity index (χ3n) is 4.30. The summed E-state index contributed by atoms with van der Waals surface area (Å²) in [6.07, 6.45) is 3.70. The third-order valence-corrected chi connectivity index (χ3v) is 4.30. The first-order valence-electron chi connectivity index (χ1n) is 8.18. The second-order valence-electron chi connectivity index (χ2n) is 7.34. The van der Waals surface area contributed by atoms with Gasteiger partial charge in [-0.05, 0) is 37.0 Å². The van der Waals surface area contributed by atoms with Gasteiger partial charge in [-0.3, -0.25) is 14.9 Å². The summed E-state index contributed by atoms with van der Waals surface area (Å²) in [7, 11) is 0. The first-order valence-corrected chi connectivity index (χ1v) is 8.18. The molecule has 1 fully saturated rings. The van der Waals surface area contributed by atoms with Crippen molar-refractivity contribution in [2.24, 2.45) is 11.3 Å². The average Bonchev–Trinajstić information content (AvgIpc) is 3.17. The maximum atomic E-state index is 12.4. The molecule has 2 aromatic heterocycles. The molecule has 5 heteroatoms. The second-order valence-corrected chi connectivity index (χ2v) is 7.34. The number of carbonyl (C=O) groups is 1. The van der Waals surface area contributed by atoms with E-state index in [1.54, 1.807) is 6.20 Å². The summed E-state index contributed by atoms with van der Waals surface area (Å²) in [6.45, 7) is 7.65. The van der Waals surface area contributed by atoms with Gasteiger partial charge in [-0.15, -0.1) is 0 Å². The number of hydrogen-bond donors (Lipinski definition) is 1. The van der Waals surface area contributed by atoms with Gasteiger partial charge < -0.3 is 4.90 Å². The van der Waals surface area contributed by atoms with E-state index in [2.05, 4.69) is 16.3 Å². The smallest absolute Gasteiger partial charge is 0.227 e. The summed E-state index contributed by atoms with van der Waals surface area (Å²) in [6, 6.07) is 8.01. The largest absolute Gasteiger partial charge is 0.342 e. The van der Waals surface area contributed by atoms with Crippen LogP contribution in [-0.4, -0.2) is 39.1 Å². The van der Waals surface area contributed by atoms with Crippen LogP contribution >= 0.6 is 0 Å². The number of carbonyl (C=O) groups excluding carboxylic acids is 1. The predicted molar refractivity (Wildman–Crippen MR) is 89.7 cm³/mol. The highest BCUT2D eigenvalue weighted by atomic mass is 16.2. The van der Waals surface area contributed by atoms with E-state index >= 15 is 0 Å². The van der Waals surface area contributed by atoms with Gasteiger partial charge in [0.1, 0.15) is 0 Å². The molecular weight excluding hydrogens is 288 g/mol. The molecule has 1 saturated heterocycles. The summed E-state index contributed by atoms with van der Waals surface area (Å²) in [5.74, 6) is 0.741. The van der Waals surface area contributed by atoms with Crippen LogP contribution in [0.25, 0.3) is 11.4 Å². The van der Waals surface area contributed by atoms with E-state index < -0.39 is 0 Å². The lowest BCUT2D eigenvalue weighted by Gasteiger charge is -2.25. The Labute approximate surface area is 137 Å². The van der Waals surface area contributed by atoms with Gasteiger partial charge in [-0.2, -0.15) is 5.10 Å². The monoisotopic (exact) mass is 312 g/mol. The number of amides is 1. The Kier molecular flexibility index (Phi) is 4.20. The molecule has 5 nitrogen and oxygen atoms in total. The summed E-state index contributed by atoms with van der Waals surface area (Å²) in [5.41, 5.74) is 2.63. The van der Waals surface area contributed by atoms with Crippen molar-refractivity contribution in [1.29, 1.82) is 0 Å². The Morgan fingerprint density at radius 2 is 2.17 bits per heavy atom. The standard InChI is InChI=1S/C18H24N4O/c1-18(2,3)17(23)22-10-8-13(12-22)11-14-5-4-6-15(20-14)16-7-9-19-21-16/h4-7,9,13H,8,10-12H2,1-3H3,(H,19,21)/t13-/m0/s1. The van der Waals surface area contributed by atoms with Crippen LogP contribution in [0.3, 0.4) is 0 Å². The van der Waals surface area contributed by atoms with Crippen LogP contribution in [0.15, 0.2) is 30.5 Å². The van der Waals surface area contributed by atoms with Gasteiger partial charge in [0.25, 0.3) is 0 Å². The first-order chi connectivity index (χ1) is 10.9. The normalized spacial score (nSPS) is 18.4. The molecule has 1 aliphatic heterocycles. The number of aromatic nitrogens is 3. The van der Waals surface area contributed by atoms with Crippen LogP contribution in [0.1, 0.15) is 32.9 Å². The summed E-state index contributed by atoms with van der Waals surface area (Å²) < 4.78 is 0. The molecule has 1 aliphatic rings. The SMILES string of the molecule is CC(C)(C)C(=O)N1CC[C@@H](Cc2cccc(-c3ccn[nH]3)n2)C1. The number of pyridine rings is 1. The van der Waals surface area contributed by atoms with Crippen molar-refractivity contribution in [3.63, 3.8) is 0 Å². The van der Waals surface area contributed by atoms with Crippen molar-refractivity contribution in [3.05, 3.63) is 36.2 Å². The number of aromatic amines is 1. The minimum atomic E-state index is -0.298. The molecule has 0 bridgehead atoms. The van der Waals surface area contributed by atoms with Crippen LogP contribution in [0, 0.1) is 11.3 Å². The van der Waals surface area contributed by atoms with Gasteiger partial charge in [0, 0.05) is 30.4 Å². The molecule has 1 N–H and O–H groups in total. The van der Waals surface area contributed by atoms with E-state index in [0.717, 1.165) is 43.0 Å². The number of H-pyrrole nitrogens is 1. The van der Waals surface area contributed by atoms with Crippen molar-refractivity contribution >= 4 is 5.91 Å². The zero-order valence-electron chi connectivity index (χ0n) is 14.0. The van der Waals surface area contributed by atoms with Gasteiger partial charge in [0.15, 0.2) is 0 Å². The number of rotatable bonds is 3. The topological polar surface area (TPSA) is 61.9 Å². The van der Waals surface area contributed by atoms with Gasteiger partial charge >= 0.3 is 0 Å². The second kappa shape index (κ2) is 6.14. The van der Waals surface area contributed by atoms with Crippen molar-refractivity contribution in [2.45, 2.75) is 33.6 Å². The molecule has 122 valence electrons. The van der Waals surface area contributed by atoms with Crippen LogP contribution in [0.2, 0.25) is 0 Å². The maximum Gasteiger partial charge on any atom is 0.227 e. The summed E-state index contributed by atoms with van der Waals surface area (Å²) >= 11 is 0. The van der Waals surface area contributed by atoms with E-state index in [4.69, 9.17) is 4.98 Å². The van der Waals surface area contributed by atoms with Crippen LogP contribution in [0.4, 0.5) is 0 Å². The molecule has 0 saturated carbocycles. The Hall–Kier alpha value is -2.17. The van der Waals surface area contributed by atoms with Crippen molar-refractivity contribution < 1.29 is 4.79 Å². The molecule has 0 aromatic carbocycles. The third kappa shape index (κ3) is 3.60. The average molecular weight is 312 g/mol. The Bertz CT molecular complexity index is 673. The molecule has 0 spiro atoms. The van der Waals surface area contributed by atoms with Gasteiger partial charge in [0.05, 0.1) is 11.4 Å². The van der Waals surface area contributed by atoms with E-state index in [9.17, 15) is 4.79 Å². The van der Waals surface area contributed by atoms with Crippen molar-refractivity contribution in [2.75, 3.05) is 13.1 Å². The minimum absolute atomic E-state index is 0.249. The molecule has 1 amide bonds. The first kappa shape index (κ1) is 15.7. The number of likely N-dealkylation sites (tertiary alicyclic amines) is 1. The van der Waals surface area contributed by atoms with E-state index in [1.807, 2.05) is 43.9 Å². The highest BCUT2D eigenvalue weighted by Crippen LogP contribution is 2.26. The molecule has 0 unspecified atom stereocenters. The lowest BCUT2D eigenvalue weighted by Crippen LogP contribution is -2.38. The minimum Gasteiger partial charge on any atom is -0.342 e. The van der Waals surface area contributed by atoms with Gasteiger partial charge in [-0.1, -0.05) is 26.8 Å². The summed E-state index contributed by atoms with van der Waals surface area (Å²) in [5, 5.41) is 6.92. The predicted octanol–water partition coefficient (Wildman–Crippen LogP) is 2.91.